The van der Waals surface area contributed by atoms with Crippen LogP contribution in [0.1, 0.15) is 43.2 Å². The Hall–Kier alpha value is -3.70. The molecule has 2 amide bonds. The van der Waals surface area contributed by atoms with E-state index >= 15 is 0 Å². The van der Waals surface area contributed by atoms with Crippen molar-refractivity contribution in [3.63, 3.8) is 0 Å². The predicted molar refractivity (Wildman–Crippen MR) is 186 cm³/mol. The van der Waals surface area contributed by atoms with E-state index in [0.29, 0.717) is 12.1 Å². The Bertz CT molecular complexity index is 1650. The van der Waals surface area contributed by atoms with Gasteiger partial charge in [-0.2, -0.15) is 0 Å². The SMILES string of the molecule is O=C(NC1CCCCC1)[C@H](Cc1ccccc1)N(Cc1ccccc1)C(=O)CN(c1ccc(I)cc1)S(=O)(=O)c1ccccc1. The van der Waals surface area contributed by atoms with E-state index in [1.54, 1.807) is 35.2 Å². The summed E-state index contributed by atoms with van der Waals surface area (Å²) < 4.78 is 30.2. The Labute approximate surface area is 279 Å². The first-order valence-corrected chi connectivity index (χ1v) is 17.8. The summed E-state index contributed by atoms with van der Waals surface area (Å²) in [6.45, 7) is -0.312. The number of carbonyl (C=O) groups is 2. The van der Waals surface area contributed by atoms with Gasteiger partial charge in [0.2, 0.25) is 11.8 Å². The van der Waals surface area contributed by atoms with Gasteiger partial charge in [0.25, 0.3) is 10.0 Å². The van der Waals surface area contributed by atoms with Crippen molar-refractivity contribution in [2.24, 2.45) is 0 Å². The van der Waals surface area contributed by atoms with Gasteiger partial charge in [0.05, 0.1) is 10.6 Å². The third-order valence-corrected chi connectivity index (χ3v) is 10.7. The Morgan fingerprint density at radius 1 is 0.756 bits per heavy atom. The maximum absolute atomic E-state index is 14.5. The molecule has 1 atom stereocenters. The number of halogens is 1. The second kappa shape index (κ2) is 15.5. The third kappa shape index (κ3) is 8.73. The summed E-state index contributed by atoms with van der Waals surface area (Å²) in [5.41, 5.74) is 2.14. The van der Waals surface area contributed by atoms with Crippen molar-refractivity contribution in [1.29, 1.82) is 0 Å². The molecular formula is C36H38IN3O4S. The van der Waals surface area contributed by atoms with Crippen molar-refractivity contribution in [1.82, 2.24) is 10.2 Å². The highest BCUT2D eigenvalue weighted by Gasteiger charge is 2.35. The number of hydrogen-bond donors (Lipinski definition) is 1. The van der Waals surface area contributed by atoms with E-state index in [0.717, 1.165) is 51.1 Å². The van der Waals surface area contributed by atoms with E-state index in [1.165, 1.54) is 12.1 Å². The number of nitrogens with one attached hydrogen (secondary N) is 1. The fourth-order valence-corrected chi connectivity index (χ4v) is 7.53. The summed E-state index contributed by atoms with van der Waals surface area (Å²) in [6, 6.07) is 33.5. The molecule has 4 aromatic carbocycles. The molecule has 9 heteroatoms. The molecule has 0 saturated heterocycles. The van der Waals surface area contributed by atoms with Crippen LogP contribution in [0.5, 0.6) is 0 Å². The van der Waals surface area contributed by atoms with Crippen LogP contribution in [0.25, 0.3) is 0 Å². The average Bonchev–Trinajstić information content (AvgIpc) is 3.07. The zero-order valence-corrected chi connectivity index (χ0v) is 28.1. The summed E-state index contributed by atoms with van der Waals surface area (Å²) >= 11 is 2.16. The molecular weight excluding hydrogens is 697 g/mol. The number of benzene rings is 4. The molecule has 0 aromatic heterocycles. The summed E-state index contributed by atoms with van der Waals surface area (Å²) in [4.78, 5) is 30.3. The first-order valence-electron chi connectivity index (χ1n) is 15.3. The molecule has 45 heavy (non-hydrogen) atoms. The topological polar surface area (TPSA) is 86.8 Å². The summed E-state index contributed by atoms with van der Waals surface area (Å²) in [5, 5.41) is 3.24. The van der Waals surface area contributed by atoms with Crippen molar-refractivity contribution in [3.05, 3.63) is 130 Å². The van der Waals surface area contributed by atoms with Crippen molar-refractivity contribution in [3.8, 4) is 0 Å². The van der Waals surface area contributed by atoms with E-state index in [9.17, 15) is 18.0 Å². The van der Waals surface area contributed by atoms with Crippen LogP contribution >= 0.6 is 22.6 Å². The highest BCUT2D eigenvalue weighted by molar-refractivity contribution is 14.1. The van der Waals surface area contributed by atoms with Crippen LogP contribution in [0, 0.1) is 3.57 Å². The molecule has 1 N–H and O–H groups in total. The van der Waals surface area contributed by atoms with Crippen LogP contribution < -0.4 is 9.62 Å². The maximum atomic E-state index is 14.5. The quantitative estimate of drug-likeness (QED) is 0.167. The van der Waals surface area contributed by atoms with Gasteiger partial charge in [0, 0.05) is 22.6 Å². The fraction of sp³-hybridized carbons (Fsp3) is 0.278. The highest BCUT2D eigenvalue weighted by atomic mass is 127. The normalized spacial score (nSPS) is 14.3. The highest BCUT2D eigenvalue weighted by Crippen LogP contribution is 2.26. The molecule has 0 spiro atoms. The Balaban J connectivity index is 1.54. The van der Waals surface area contributed by atoms with E-state index in [2.05, 4.69) is 27.9 Å². The lowest BCUT2D eigenvalue weighted by molar-refractivity contribution is -0.140. The lowest BCUT2D eigenvalue weighted by Crippen LogP contribution is -2.55. The molecule has 1 aliphatic carbocycles. The smallest absolute Gasteiger partial charge is 0.264 e. The van der Waals surface area contributed by atoms with E-state index in [-0.39, 0.29) is 23.4 Å². The number of sulfonamides is 1. The van der Waals surface area contributed by atoms with Crippen LogP contribution in [0.4, 0.5) is 5.69 Å². The van der Waals surface area contributed by atoms with Crippen LogP contribution in [0.2, 0.25) is 0 Å². The molecule has 0 unspecified atom stereocenters. The molecule has 1 fully saturated rings. The van der Waals surface area contributed by atoms with Crippen LogP contribution in [0.3, 0.4) is 0 Å². The standard InChI is InChI=1S/C36H38IN3O4S/c37-30-21-23-32(24-22-30)40(45(43,44)33-19-11-4-12-20-33)27-35(41)39(26-29-15-7-2-8-16-29)34(25-28-13-5-1-6-14-28)36(42)38-31-17-9-3-10-18-31/h1-2,4-8,11-16,19-24,31,34H,3,9-10,17-18,25-27H2,(H,38,42)/t34-/m0/s1. The number of anilines is 1. The van der Waals surface area contributed by atoms with Gasteiger partial charge in [-0.3, -0.25) is 13.9 Å². The Morgan fingerprint density at radius 3 is 1.91 bits per heavy atom. The Kier molecular flexibility index (Phi) is 11.3. The van der Waals surface area contributed by atoms with Gasteiger partial charge in [-0.15, -0.1) is 0 Å². The number of rotatable bonds is 12. The minimum absolute atomic E-state index is 0.0555. The molecule has 0 bridgehead atoms. The lowest BCUT2D eigenvalue weighted by atomic mass is 9.94. The minimum Gasteiger partial charge on any atom is -0.352 e. The second-order valence-corrected chi connectivity index (χ2v) is 14.5. The minimum atomic E-state index is -4.11. The predicted octanol–water partition coefficient (Wildman–Crippen LogP) is 6.58. The van der Waals surface area contributed by atoms with E-state index < -0.39 is 28.5 Å². The van der Waals surface area contributed by atoms with E-state index in [4.69, 9.17) is 0 Å². The van der Waals surface area contributed by atoms with Gasteiger partial charge in [0.15, 0.2) is 0 Å². The number of carbonyl (C=O) groups excluding carboxylic acids is 2. The zero-order valence-electron chi connectivity index (χ0n) is 25.1. The summed E-state index contributed by atoms with van der Waals surface area (Å²) in [6.07, 6.45) is 5.39. The second-order valence-electron chi connectivity index (χ2n) is 11.4. The van der Waals surface area contributed by atoms with Gasteiger partial charge in [-0.25, -0.2) is 8.42 Å². The molecule has 234 valence electrons. The van der Waals surface area contributed by atoms with Crippen molar-refractivity contribution in [2.45, 2.75) is 62.0 Å². The van der Waals surface area contributed by atoms with Crippen LogP contribution in [-0.4, -0.2) is 43.8 Å². The molecule has 0 heterocycles. The van der Waals surface area contributed by atoms with Gasteiger partial charge in [0.1, 0.15) is 12.6 Å². The number of hydrogen-bond acceptors (Lipinski definition) is 4. The molecule has 4 aromatic rings. The van der Waals surface area contributed by atoms with Crippen LogP contribution in [0.15, 0.2) is 120 Å². The maximum Gasteiger partial charge on any atom is 0.264 e. The van der Waals surface area contributed by atoms with Gasteiger partial charge in [-0.1, -0.05) is 98.1 Å². The van der Waals surface area contributed by atoms with E-state index in [1.807, 2.05) is 72.8 Å². The number of amides is 2. The van der Waals surface area contributed by atoms with Crippen LogP contribution in [-0.2, 0) is 32.6 Å². The van der Waals surface area contributed by atoms with Crippen molar-refractivity contribution < 1.29 is 18.0 Å². The first-order chi connectivity index (χ1) is 21.8. The first kappa shape index (κ1) is 32.7. The number of nitrogens with zero attached hydrogens (tertiary/aromatic N) is 2. The van der Waals surface area contributed by atoms with Crippen molar-refractivity contribution in [2.75, 3.05) is 10.8 Å². The lowest BCUT2D eigenvalue weighted by Gasteiger charge is -2.35. The zero-order chi connectivity index (χ0) is 31.6. The van der Waals surface area contributed by atoms with Gasteiger partial charge >= 0.3 is 0 Å². The Morgan fingerprint density at radius 2 is 1.31 bits per heavy atom. The molecule has 0 aliphatic heterocycles. The monoisotopic (exact) mass is 735 g/mol. The van der Waals surface area contributed by atoms with Gasteiger partial charge < -0.3 is 10.2 Å². The summed E-state index contributed by atoms with van der Waals surface area (Å²) in [7, 11) is -4.11. The molecule has 7 nitrogen and oxygen atoms in total. The van der Waals surface area contributed by atoms with Gasteiger partial charge in [-0.05, 0) is 83.0 Å². The fourth-order valence-electron chi connectivity index (χ4n) is 5.73. The molecule has 0 radical (unpaired) electrons. The van der Waals surface area contributed by atoms with Crippen molar-refractivity contribution >= 4 is 50.1 Å². The largest absolute Gasteiger partial charge is 0.352 e. The average molecular weight is 736 g/mol. The summed E-state index contributed by atoms with van der Waals surface area (Å²) in [5.74, 6) is -0.682. The molecule has 1 saturated carbocycles. The molecule has 1 aliphatic rings. The third-order valence-electron chi connectivity index (χ3n) is 8.14. The molecule has 5 rings (SSSR count).